The molecule has 0 aromatic carbocycles. The number of quaternary nitrogens is 1. The summed E-state index contributed by atoms with van der Waals surface area (Å²) in [4.78, 5) is 5.65. The largest absolute Gasteiger partial charge is 1.00 e. The fraction of sp³-hybridized carbons (Fsp3) is 1.00. The van der Waals surface area contributed by atoms with Crippen molar-refractivity contribution < 1.29 is 32.1 Å². The van der Waals surface area contributed by atoms with Crippen LogP contribution in [0.3, 0.4) is 0 Å². The van der Waals surface area contributed by atoms with Crippen LogP contribution in [0.25, 0.3) is 0 Å². The number of hydroxylamine groups is 3. The summed E-state index contributed by atoms with van der Waals surface area (Å²) < 4.78 is -0.0378. The highest BCUT2D eigenvalue weighted by molar-refractivity contribution is 4.48. The number of unbranched alkanes of at least 4 members (excludes halogenated alkanes) is 4. The van der Waals surface area contributed by atoms with E-state index in [0.717, 1.165) is 18.8 Å². The van der Waals surface area contributed by atoms with E-state index in [-0.39, 0.29) is 30.5 Å². The molecule has 0 heterocycles. The second kappa shape index (κ2) is 14.1. The van der Waals surface area contributed by atoms with Crippen LogP contribution in [0.5, 0.6) is 0 Å². The van der Waals surface area contributed by atoms with Crippen LogP contribution in [0.15, 0.2) is 0 Å². The summed E-state index contributed by atoms with van der Waals surface area (Å²) in [5.74, 6) is 0.810. The third-order valence-corrected chi connectivity index (χ3v) is 3.44. The van der Waals surface area contributed by atoms with Crippen molar-refractivity contribution in [2.75, 3.05) is 26.6 Å². The molecule has 0 aromatic rings. The molecule has 0 unspecified atom stereocenters. The molecule has 0 amide bonds. The lowest BCUT2D eigenvalue weighted by molar-refractivity contribution is -1.13. The van der Waals surface area contributed by atoms with Gasteiger partial charge in [-0.15, -0.1) is 4.65 Å². The third kappa shape index (κ3) is 10.9. The first-order valence-electron chi connectivity index (χ1n) is 7.82. The molecular formula is C15H34ClNO3. The van der Waals surface area contributed by atoms with E-state index < -0.39 is 0 Å². The van der Waals surface area contributed by atoms with Crippen LogP contribution in [-0.2, 0) is 4.84 Å². The topological polar surface area (TPSA) is 49.7 Å². The molecule has 0 atom stereocenters. The van der Waals surface area contributed by atoms with Crippen molar-refractivity contribution in [1.29, 1.82) is 0 Å². The van der Waals surface area contributed by atoms with E-state index in [1.165, 1.54) is 32.1 Å². The van der Waals surface area contributed by atoms with Crippen LogP contribution in [0, 0.1) is 5.92 Å². The van der Waals surface area contributed by atoms with Gasteiger partial charge in [0.2, 0.25) is 13.5 Å². The van der Waals surface area contributed by atoms with Gasteiger partial charge < -0.3 is 22.6 Å². The zero-order valence-electron chi connectivity index (χ0n) is 13.5. The molecule has 0 bridgehead atoms. The number of nitrogens with zero attached hydrogens (tertiary/aromatic N) is 1. The predicted molar refractivity (Wildman–Crippen MR) is 78.1 cm³/mol. The standard InChI is InChI=1S/C15H34NO3.ClH/c1-4-11-16(13-17,14-18)19-12-9-7-5-6-8-10-15(2)3;/h15,17-18H,4-14H2,1-3H3;1H/q+1;/p-1. The van der Waals surface area contributed by atoms with Gasteiger partial charge in [0, 0.05) is 0 Å². The van der Waals surface area contributed by atoms with Crippen molar-refractivity contribution in [1.82, 2.24) is 0 Å². The van der Waals surface area contributed by atoms with Gasteiger partial charge in [0.15, 0.2) is 0 Å². The van der Waals surface area contributed by atoms with E-state index in [2.05, 4.69) is 13.8 Å². The summed E-state index contributed by atoms with van der Waals surface area (Å²) in [6, 6.07) is 0. The first-order chi connectivity index (χ1) is 9.10. The highest BCUT2D eigenvalue weighted by Crippen LogP contribution is 2.12. The Kier molecular flexibility index (Phi) is 15.8. The van der Waals surface area contributed by atoms with Gasteiger partial charge in [0.05, 0.1) is 0 Å². The lowest BCUT2D eigenvalue weighted by Gasteiger charge is -2.30. The maximum Gasteiger partial charge on any atom is 0.212 e. The molecule has 0 aromatic heterocycles. The molecule has 20 heavy (non-hydrogen) atoms. The molecule has 0 saturated carbocycles. The van der Waals surface area contributed by atoms with Crippen molar-refractivity contribution in [2.24, 2.45) is 5.92 Å². The predicted octanol–water partition coefficient (Wildman–Crippen LogP) is 0.0450. The fourth-order valence-corrected chi connectivity index (χ4v) is 2.18. The minimum Gasteiger partial charge on any atom is -1.00 e. The van der Waals surface area contributed by atoms with Crippen molar-refractivity contribution in [3.8, 4) is 0 Å². The van der Waals surface area contributed by atoms with Gasteiger partial charge in [0.1, 0.15) is 13.2 Å². The molecule has 0 aliphatic carbocycles. The minimum atomic E-state index is -0.154. The molecule has 0 spiro atoms. The van der Waals surface area contributed by atoms with Gasteiger partial charge in [-0.25, -0.2) is 0 Å². The van der Waals surface area contributed by atoms with Gasteiger partial charge in [-0.1, -0.05) is 52.9 Å². The number of aliphatic hydroxyl groups excluding tert-OH is 2. The average molecular weight is 312 g/mol. The minimum absolute atomic E-state index is 0. The Bertz CT molecular complexity index is 200. The van der Waals surface area contributed by atoms with Crippen LogP contribution in [0.1, 0.15) is 65.7 Å². The Hall–Kier alpha value is 0.130. The Morgan fingerprint density at radius 1 is 0.950 bits per heavy atom. The van der Waals surface area contributed by atoms with Crippen molar-refractivity contribution in [3.63, 3.8) is 0 Å². The molecule has 0 aliphatic heterocycles. The second-order valence-corrected chi connectivity index (χ2v) is 5.85. The van der Waals surface area contributed by atoms with Crippen LogP contribution < -0.4 is 12.4 Å². The number of aliphatic hydroxyl groups is 2. The van der Waals surface area contributed by atoms with Crippen LogP contribution >= 0.6 is 0 Å². The molecular weight excluding hydrogens is 278 g/mol. The number of halogens is 1. The van der Waals surface area contributed by atoms with Gasteiger partial charge in [0.25, 0.3) is 0 Å². The van der Waals surface area contributed by atoms with Crippen molar-refractivity contribution in [2.45, 2.75) is 65.7 Å². The van der Waals surface area contributed by atoms with Crippen LogP contribution in [0.4, 0.5) is 0 Å². The molecule has 5 heteroatoms. The van der Waals surface area contributed by atoms with E-state index in [1.54, 1.807) is 0 Å². The van der Waals surface area contributed by atoms with E-state index >= 15 is 0 Å². The normalized spacial score (nSPS) is 11.7. The SMILES string of the molecule is CCC[N+](CO)(CO)OCCCCCCCC(C)C.[Cl-]. The molecule has 4 nitrogen and oxygen atoms in total. The monoisotopic (exact) mass is 311 g/mol. The lowest BCUT2D eigenvalue weighted by atomic mass is 10.0. The zero-order chi connectivity index (χ0) is 14.6. The summed E-state index contributed by atoms with van der Waals surface area (Å²) in [5.41, 5.74) is 0. The Balaban J connectivity index is 0. The molecule has 0 radical (unpaired) electrons. The van der Waals surface area contributed by atoms with E-state index in [4.69, 9.17) is 4.84 Å². The summed E-state index contributed by atoms with van der Waals surface area (Å²) in [6.07, 6.45) is 8.25. The molecule has 0 aliphatic rings. The van der Waals surface area contributed by atoms with E-state index in [9.17, 15) is 10.2 Å². The zero-order valence-corrected chi connectivity index (χ0v) is 14.2. The summed E-state index contributed by atoms with van der Waals surface area (Å²) >= 11 is 0. The Labute approximate surface area is 131 Å². The van der Waals surface area contributed by atoms with Gasteiger partial charge in [-0.05, 0) is 18.8 Å². The van der Waals surface area contributed by atoms with E-state index in [0.29, 0.717) is 13.2 Å². The molecule has 124 valence electrons. The van der Waals surface area contributed by atoms with Crippen LogP contribution in [0.2, 0.25) is 0 Å². The molecule has 0 fully saturated rings. The van der Waals surface area contributed by atoms with Gasteiger partial charge in [-0.2, -0.15) is 4.84 Å². The number of hydrogen-bond acceptors (Lipinski definition) is 3. The summed E-state index contributed by atoms with van der Waals surface area (Å²) in [7, 11) is 0. The van der Waals surface area contributed by atoms with Gasteiger partial charge in [-0.3, -0.25) is 0 Å². The van der Waals surface area contributed by atoms with E-state index in [1.807, 2.05) is 6.92 Å². The lowest BCUT2D eigenvalue weighted by Crippen LogP contribution is -3.00. The number of hydrogen-bond donors (Lipinski definition) is 2. The highest BCUT2D eigenvalue weighted by atomic mass is 35.5. The van der Waals surface area contributed by atoms with Crippen LogP contribution in [-0.4, -0.2) is 41.5 Å². The average Bonchev–Trinajstić information content (AvgIpc) is 2.40. The van der Waals surface area contributed by atoms with Crippen molar-refractivity contribution in [3.05, 3.63) is 0 Å². The smallest absolute Gasteiger partial charge is 0.212 e. The Morgan fingerprint density at radius 3 is 2.00 bits per heavy atom. The molecule has 2 N–H and O–H groups in total. The highest BCUT2D eigenvalue weighted by Gasteiger charge is 2.26. The fourth-order valence-electron chi connectivity index (χ4n) is 2.18. The maximum absolute atomic E-state index is 9.32. The van der Waals surface area contributed by atoms with Crippen molar-refractivity contribution >= 4 is 0 Å². The molecule has 0 saturated heterocycles. The Morgan fingerprint density at radius 2 is 1.50 bits per heavy atom. The first-order valence-corrected chi connectivity index (χ1v) is 7.82. The van der Waals surface area contributed by atoms with Gasteiger partial charge >= 0.3 is 0 Å². The maximum atomic E-state index is 9.32. The third-order valence-electron chi connectivity index (χ3n) is 3.44. The summed E-state index contributed by atoms with van der Waals surface area (Å²) in [6.45, 7) is 7.52. The second-order valence-electron chi connectivity index (χ2n) is 5.85. The number of rotatable bonds is 13. The summed E-state index contributed by atoms with van der Waals surface area (Å²) in [5, 5.41) is 18.6. The molecule has 0 rings (SSSR count). The quantitative estimate of drug-likeness (QED) is 0.219. The first kappa shape index (κ1) is 22.4.